The lowest BCUT2D eigenvalue weighted by Gasteiger charge is -2.13. The van der Waals surface area contributed by atoms with Crippen molar-refractivity contribution in [2.45, 2.75) is 18.7 Å². The molecule has 0 aliphatic rings. The summed E-state index contributed by atoms with van der Waals surface area (Å²) in [5, 5.41) is 1.52. The normalized spacial score (nSPS) is 11.2. The number of nitrogens with zero attached hydrogens (tertiary/aromatic N) is 2. The maximum Gasteiger partial charge on any atom is 0.243 e. The highest BCUT2D eigenvalue weighted by Crippen LogP contribution is 2.23. The largest absolute Gasteiger partial charge is 0.264 e. The predicted molar refractivity (Wildman–Crippen MR) is 74.0 cm³/mol. The van der Waals surface area contributed by atoms with Crippen LogP contribution >= 0.6 is 0 Å². The van der Waals surface area contributed by atoms with Gasteiger partial charge in [0.1, 0.15) is 0 Å². The smallest absolute Gasteiger partial charge is 0.243 e. The molecule has 18 heavy (non-hydrogen) atoms. The van der Waals surface area contributed by atoms with Crippen molar-refractivity contribution in [1.82, 2.24) is 9.29 Å². The quantitative estimate of drug-likeness (QED) is 0.839. The third kappa shape index (κ3) is 2.68. The standard InChI is InChI=1S/C11H12N2O2S.C2H6/c1-13(2)16(14,15)11-5-3-4-9-8-12-7-6-10(9)11;1-2/h3-8H,1-2H3;1-2H3. The fraction of sp³-hybridized carbons (Fsp3) is 0.308. The zero-order valence-electron chi connectivity index (χ0n) is 11.1. The summed E-state index contributed by atoms with van der Waals surface area (Å²) in [5.41, 5.74) is 0. The molecular formula is C13H18N2O2S. The lowest BCUT2D eigenvalue weighted by molar-refractivity contribution is 0.521. The Morgan fingerprint density at radius 3 is 2.39 bits per heavy atom. The Morgan fingerprint density at radius 2 is 1.78 bits per heavy atom. The molecule has 4 nitrogen and oxygen atoms in total. The van der Waals surface area contributed by atoms with Crippen molar-refractivity contribution in [2.24, 2.45) is 0 Å². The first-order valence-electron chi connectivity index (χ1n) is 5.79. The van der Waals surface area contributed by atoms with Gasteiger partial charge in [-0.2, -0.15) is 0 Å². The van der Waals surface area contributed by atoms with Crippen molar-refractivity contribution < 1.29 is 8.42 Å². The minimum absolute atomic E-state index is 0.317. The van der Waals surface area contributed by atoms with Gasteiger partial charge in [0.25, 0.3) is 0 Å². The number of sulfonamides is 1. The van der Waals surface area contributed by atoms with Gasteiger partial charge in [-0.15, -0.1) is 0 Å². The third-order valence-corrected chi connectivity index (χ3v) is 4.27. The first kappa shape index (κ1) is 14.6. The van der Waals surface area contributed by atoms with E-state index >= 15 is 0 Å². The molecule has 5 heteroatoms. The molecule has 0 fully saturated rings. The molecule has 0 atom stereocenters. The van der Waals surface area contributed by atoms with Crippen molar-refractivity contribution >= 4 is 20.8 Å². The summed E-state index contributed by atoms with van der Waals surface area (Å²) in [6, 6.07) is 6.89. The van der Waals surface area contributed by atoms with Crippen LogP contribution in [-0.2, 0) is 10.0 Å². The summed E-state index contributed by atoms with van der Waals surface area (Å²) < 4.78 is 25.3. The number of rotatable bonds is 2. The topological polar surface area (TPSA) is 50.3 Å². The summed E-state index contributed by atoms with van der Waals surface area (Å²) in [4.78, 5) is 4.29. The number of pyridine rings is 1. The molecule has 1 heterocycles. The molecule has 2 aromatic rings. The minimum Gasteiger partial charge on any atom is -0.264 e. The van der Waals surface area contributed by atoms with E-state index in [1.165, 1.54) is 18.4 Å². The zero-order chi connectivity index (χ0) is 13.8. The van der Waals surface area contributed by atoms with E-state index in [1.807, 2.05) is 19.9 Å². The number of benzene rings is 1. The molecule has 1 aromatic carbocycles. The van der Waals surface area contributed by atoms with E-state index in [-0.39, 0.29) is 0 Å². The zero-order valence-corrected chi connectivity index (χ0v) is 11.9. The molecule has 2 rings (SSSR count). The van der Waals surface area contributed by atoms with Crippen LogP contribution in [0.4, 0.5) is 0 Å². The maximum atomic E-state index is 12.1. The highest BCUT2D eigenvalue weighted by molar-refractivity contribution is 7.89. The van der Waals surface area contributed by atoms with Gasteiger partial charge in [0.05, 0.1) is 4.90 Å². The van der Waals surface area contributed by atoms with Crippen LogP contribution in [0.15, 0.2) is 41.6 Å². The van der Waals surface area contributed by atoms with E-state index in [4.69, 9.17) is 0 Å². The van der Waals surface area contributed by atoms with Crippen molar-refractivity contribution in [2.75, 3.05) is 14.1 Å². The van der Waals surface area contributed by atoms with Gasteiger partial charge in [-0.1, -0.05) is 26.0 Å². The van der Waals surface area contributed by atoms with Gasteiger partial charge in [0.15, 0.2) is 0 Å². The first-order valence-corrected chi connectivity index (χ1v) is 7.23. The molecule has 0 amide bonds. The van der Waals surface area contributed by atoms with E-state index in [2.05, 4.69) is 4.98 Å². The Kier molecular flexibility index (Phi) is 4.81. The Balaban J connectivity index is 0.000000771. The SMILES string of the molecule is CC.CN(C)S(=O)(=O)c1cccc2cnccc12. The Morgan fingerprint density at radius 1 is 1.11 bits per heavy atom. The van der Waals surface area contributed by atoms with E-state index in [0.29, 0.717) is 10.3 Å². The van der Waals surface area contributed by atoms with Crippen LogP contribution in [0.1, 0.15) is 13.8 Å². The maximum absolute atomic E-state index is 12.1. The molecule has 0 radical (unpaired) electrons. The average molecular weight is 266 g/mol. The molecule has 0 aliphatic carbocycles. The second-order valence-electron chi connectivity index (χ2n) is 3.64. The van der Waals surface area contributed by atoms with Crippen LogP contribution in [0.3, 0.4) is 0 Å². The number of fused-ring (bicyclic) bond motifs is 1. The Hall–Kier alpha value is -1.46. The van der Waals surface area contributed by atoms with Crippen LogP contribution < -0.4 is 0 Å². The number of aromatic nitrogens is 1. The van der Waals surface area contributed by atoms with Crippen LogP contribution in [0.2, 0.25) is 0 Å². The van der Waals surface area contributed by atoms with Crippen molar-refractivity contribution in [3.63, 3.8) is 0 Å². The Labute approximate surface area is 108 Å². The third-order valence-electron chi connectivity index (χ3n) is 2.40. The summed E-state index contributed by atoms with van der Waals surface area (Å²) in [6.07, 6.45) is 3.25. The van der Waals surface area contributed by atoms with Gasteiger partial charge >= 0.3 is 0 Å². The van der Waals surface area contributed by atoms with Crippen LogP contribution in [0.5, 0.6) is 0 Å². The second kappa shape index (κ2) is 5.93. The molecule has 0 saturated carbocycles. The fourth-order valence-electron chi connectivity index (χ4n) is 1.51. The van der Waals surface area contributed by atoms with Crippen molar-refractivity contribution in [1.29, 1.82) is 0 Å². The lowest BCUT2D eigenvalue weighted by atomic mass is 10.2. The average Bonchev–Trinajstić information content (AvgIpc) is 2.40. The van der Waals surface area contributed by atoms with Crippen LogP contribution in [0.25, 0.3) is 10.8 Å². The highest BCUT2D eigenvalue weighted by Gasteiger charge is 2.19. The molecule has 1 aromatic heterocycles. The minimum atomic E-state index is -3.40. The summed E-state index contributed by atoms with van der Waals surface area (Å²) >= 11 is 0. The summed E-state index contributed by atoms with van der Waals surface area (Å²) in [5.74, 6) is 0. The van der Waals surface area contributed by atoms with Gasteiger partial charge in [0, 0.05) is 37.3 Å². The van der Waals surface area contributed by atoms with Gasteiger partial charge < -0.3 is 0 Å². The second-order valence-corrected chi connectivity index (χ2v) is 5.76. The van der Waals surface area contributed by atoms with Gasteiger partial charge in [-0.3, -0.25) is 4.98 Å². The van der Waals surface area contributed by atoms with E-state index in [9.17, 15) is 8.42 Å². The number of hydrogen-bond acceptors (Lipinski definition) is 3. The molecule has 0 saturated heterocycles. The molecule has 0 unspecified atom stereocenters. The molecule has 0 N–H and O–H groups in total. The van der Waals surface area contributed by atoms with E-state index in [1.54, 1.807) is 30.6 Å². The first-order chi connectivity index (χ1) is 8.53. The molecular weight excluding hydrogens is 248 g/mol. The van der Waals surface area contributed by atoms with Gasteiger partial charge in [-0.25, -0.2) is 12.7 Å². The van der Waals surface area contributed by atoms with Crippen molar-refractivity contribution in [3.8, 4) is 0 Å². The monoisotopic (exact) mass is 266 g/mol. The Bertz CT molecular complexity index is 616. The van der Waals surface area contributed by atoms with E-state index in [0.717, 1.165) is 5.39 Å². The number of hydrogen-bond donors (Lipinski definition) is 0. The summed E-state index contributed by atoms with van der Waals surface area (Å²) in [6.45, 7) is 4.00. The molecule has 98 valence electrons. The van der Waals surface area contributed by atoms with Gasteiger partial charge in [0.2, 0.25) is 10.0 Å². The van der Waals surface area contributed by atoms with Crippen LogP contribution in [-0.4, -0.2) is 31.8 Å². The predicted octanol–water partition coefficient (Wildman–Crippen LogP) is 2.51. The van der Waals surface area contributed by atoms with Gasteiger partial charge in [-0.05, 0) is 12.1 Å². The van der Waals surface area contributed by atoms with Crippen molar-refractivity contribution in [3.05, 3.63) is 36.7 Å². The van der Waals surface area contributed by atoms with Crippen LogP contribution in [0, 0.1) is 0 Å². The molecule has 0 aliphatic heterocycles. The fourth-order valence-corrected chi connectivity index (χ4v) is 2.62. The molecule has 0 bridgehead atoms. The molecule has 0 spiro atoms. The van der Waals surface area contributed by atoms with E-state index < -0.39 is 10.0 Å². The summed E-state index contributed by atoms with van der Waals surface area (Å²) in [7, 11) is -0.352. The highest BCUT2D eigenvalue weighted by atomic mass is 32.2. The lowest BCUT2D eigenvalue weighted by Crippen LogP contribution is -2.22.